The van der Waals surface area contributed by atoms with Crippen LogP contribution in [0, 0.1) is 5.92 Å². The van der Waals surface area contributed by atoms with Crippen molar-refractivity contribution in [3.63, 3.8) is 0 Å². The number of carbonyl (C=O) groups excluding carboxylic acids is 1. The standard InChI is InChI=1S/C22H28N4O/c1-14(2)22(27)25-13-16-9-5-6-10-17(16)20(23)21(26(24)15(3)4)18-11-7-8-12-19(18)25/h5-12,14-15H,13,23-24H2,1-4H3/b21-20-. The van der Waals surface area contributed by atoms with Crippen molar-refractivity contribution in [1.29, 1.82) is 0 Å². The largest absolute Gasteiger partial charge is 0.396 e. The normalized spacial score (nSPS) is 16.6. The van der Waals surface area contributed by atoms with E-state index in [9.17, 15) is 4.79 Å². The number of para-hydroxylation sites is 1. The van der Waals surface area contributed by atoms with Gasteiger partial charge in [-0.25, -0.2) is 5.84 Å². The molecule has 0 aromatic heterocycles. The molecule has 1 amide bonds. The molecule has 0 aliphatic carbocycles. The fraction of sp³-hybridized carbons (Fsp3) is 0.318. The van der Waals surface area contributed by atoms with E-state index in [-0.39, 0.29) is 17.9 Å². The molecule has 142 valence electrons. The molecule has 1 heterocycles. The van der Waals surface area contributed by atoms with E-state index in [4.69, 9.17) is 11.6 Å². The molecule has 0 bridgehead atoms. The van der Waals surface area contributed by atoms with E-state index in [2.05, 4.69) is 0 Å². The second-order valence-corrected chi connectivity index (χ2v) is 7.52. The Morgan fingerprint density at radius 3 is 2.22 bits per heavy atom. The van der Waals surface area contributed by atoms with Gasteiger partial charge in [0, 0.05) is 23.1 Å². The highest BCUT2D eigenvalue weighted by Gasteiger charge is 2.29. The van der Waals surface area contributed by atoms with E-state index in [0.29, 0.717) is 12.2 Å². The van der Waals surface area contributed by atoms with Crippen molar-refractivity contribution in [3.8, 4) is 0 Å². The number of nitrogens with two attached hydrogens (primary N) is 2. The molecule has 0 saturated heterocycles. The Balaban J connectivity index is 2.36. The Bertz CT molecular complexity index is 885. The van der Waals surface area contributed by atoms with Crippen LogP contribution < -0.4 is 16.5 Å². The van der Waals surface area contributed by atoms with Gasteiger partial charge in [-0.15, -0.1) is 0 Å². The fourth-order valence-corrected chi connectivity index (χ4v) is 3.40. The number of amides is 1. The van der Waals surface area contributed by atoms with Gasteiger partial charge >= 0.3 is 0 Å². The van der Waals surface area contributed by atoms with E-state index in [1.807, 2.05) is 81.1 Å². The highest BCUT2D eigenvalue weighted by Crippen LogP contribution is 2.37. The highest BCUT2D eigenvalue weighted by atomic mass is 16.2. The quantitative estimate of drug-likeness (QED) is 0.645. The molecule has 4 N–H and O–H groups in total. The van der Waals surface area contributed by atoms with Crippen molar-refractivity contribution in [2.45, 2.75) is 40.3 Å². The van der Waals surface area contributed by atoms with Crippen molar-refractivity contribution >= 4 is 23.0 Å². The molecule has 0 spiro atoms. The zero-order valence-corrected chi connectivity index (χ0v) is 16.4. The lowest BCUT2D eigenvalue weighted by molar-refractivity contribution is -0.121. The molecule has 0 fully saturated rings. The molecular formula is C22H28N4O. The van der Waals surface area contributed by atoms with Crippen LogP contribution in [0.1, 0.15) is 44.4 Å². The number of benzene rings is 2. The molecule has 2 aromatic rings. The number of fused-ring (bicyclic) bond motifs is 2. The van der Waals surface area contributed by atoms with Gasteiger partial charge in [0.25, 0.3) is 0 Å². The summed E-state index contributed by atoms with van der Waals surface area (Å²) in [4.78, 5) is 14.9. The summed E-state index contributed by atoms with van der Waals surface area (Å²) in [6, 6.07) is 15.8. The molecular weight excluding hydrogens is 336 g/mol. The van der Waals surface area contributed by atoms with Crippen LogP contribution in [0.4, 0.5) is 5.69 Å². The van der Waals surface area contributed by atoms with E-state index in [0.717, 1.165) is 28.1 Å². The average Bonchev–Trinajstić information content (AvgIpc) is 2.65. The minimum atomic E-state index is -0.117. The van der Waals surface area contributed by atoms with E-state index in [1.54, 1.807) is 5.01 Å². The first-order valence-electron chi connectivity index (χ1n) is 9.35. The first kappa shape index (κ1) is 19.0. The van der Waals surface area contributed by atoms with Crippen LogP contribution in [0.25, 0.3) is 11.4 Å². The van der Waals surface area contributed by atoms with Crippen LogP contribution >= 0.6 is 0 Å². The van der Waals surface area contributed by atoms with Gasteiger partial charge in [-0.05, 0) is 25.5 Å². The van der Waals surface area contributed by atoms with Crippen LogP contribution in [0.5, 0.6) is 0 Å². The summed E-state index contributed by atoms with van der Waals surface area (Å²) in [5.74, 6) is 6.40. The molecule has 0 saturated carbocycles. The maximum absolute atomic E-state index is 13.1. The van der Waals surface area contributed by atoms with Crippen molar-refractivity contribution in [1.82, 2.24) is 5.01 Å². The van der Waals surface area contributed by atoms with Gasteiger partial charge < -0.3 is 15.6 Å². The molecule has 1 aliphatic rings. The maximum Gasteiger partial charge on any atom is 0.229 e. The SMILES string of the molecule is CC(C)C(=O)N1Cc2ccccc2/C(N)=C(/N(N)C(C)C)c2ccccc21. The number of rotatable bonds is 3. The van der Waals surface area contributed by atoms with Crippen LogP contribution in [-0.2, 0) is 11.3 Å². The van der Waals surface area contributed by atoms with Crippen LogP contribution in [0.15, 0.2) is 48.5 Å². The Morgan fingerprint density at radius 1 is 1.00 bits per heavy atom. The number of hydrazine groups is 1. The number of carbonyl (C=O) groups is 1. The summed E-state index contributed by atoms with van der Waals surface area (Å²) in [5, 5.41) is 1.69. The Labute approximate surface area is 161 Å². The highest BCUT2D eigenvalue weighted by molar-refractivity contribution is 6.01. The first-order chi connectivity index (χ1) is 12.8. The van der Waals surface area contributed by atoms with Gasteiger partial charge in [-0.1, -0.05) is 56.3 Å². The zero-order valence-electron chi connectivity index (χ0n) is 16.4. The summed E-state index contributed by atoms with van der Waals surface area (Å²) in [6.07, 6.45) is 0. The molecule has 0 unspecified atom stereocenters. The monoisotopic (exact) mass is 364 g/mol. The average molecular weight is 364 g/mol. The Kier molecular flexibility index (Phi) is 5.24. The summed E-state index contributed by atoms with van der Waals surface area (Å²) >= 11 is 0. The summed E-state index contributed by atoms with van der Waals surface area (Å²) in [6.45, 7) is 8.35. The van der Waals surface area contributed by atoms with Crippen LogP contribution in [0.3, 0.4) is 0 Å². The van der Waals surface area contributed by atoms with Gasteiger partial charge in [-0.3, -0.25) is 4.79 Å². The minimum absolute atomic E-state index is 0.0486. The molecule has 3 rings (SSSR count). The maximum atomic E-state index is 13.1. The van der Waals surface area contributed by atoms with Gasteiger partial charge in [0.2, 0.25) is 5.91 Å². The molecule has 2 aromatic carbocycles. The predicted molar refractivity (Wildman–Crippen MR) is 111 cm³/mol. The third-order valence-electron chi connectivity index (χ3n) is 4.92. The zero-order chi connectivity index (χ0) is 19.7. The second-order valence-electron chi connectivity index (χ2n) is 7.52. The van der Waals surface area contributed by atoms with Gasteiger partial charge in [0.15, 0.2) is 0 Å². The van der Waals surface area contributed by atoms with Crippen LogP contribution in [-0.4, -0.2) is 17.0 Å². The predicted octanol–water partition coefficient (Wildman–Crippen LogP) is 3.56. The molecule has 1 aliphatic heterocycles. The number of hydrogen-bond acceptors (Lipinski definition) is 4. The smallest absolute Gasteiger partial charge is 0.229 e. The number of anilines is 1. The Hall–Kier alpha value is -2.79. The van der Waals surface area contributed by atoms with E-state index < -0.39 is 0 Å². The summed E-state index contributed by atoms with van der Waals surface area (Å²) < 4.78 is 0. The van der Waals surface area contributed by atoms with Gasteiger partial charge in [0.1, 0.15) is 0 Å². The summed E-state index contributed by atoms with van der Waals surface area (Å²) in [7, 11) is 0. The molecule has 0 radical (unpaired) electrons. The third kappa shape index (κ3) is 3.43. The van der Waals surface area contributed by atoms with Crippen LogP contribution in [0.2, 0.25) is 0 Å². The minimum Gasteiger partial charge on any atom is -0.396 e. The lowest BCUT2D eigenvalue weighted by atomic mass is 9.95. The van der Waals surface area contributed by atoms with E-state index >= 15 is 0 Å². The van der Waals surface area contributed by atoms with Crippen molar-refractivity contribution < 1.29 is 4.79 Å². The number of nitrogens with zero attached hydrogens (tertiary/aromatic N) is 2. The molecule has 27 heavy (non-hydrogen) atoms. The molecule has 5 nitrogen and oxygen atoms in total. The van der Waals surface area contributed by atoms with E-state index in [1.165, 1.54) is 0 Å². The Morgan fingerprint density at radius 2 is 1.59 bits per heavy atom. The van der Waals surface area contributed by atoms with Crippen molar-refractivity contribution in [3.05, 3.63) is 65.2 Å². The second kappa shape index (κ2) is 7.45. The lowest BCUT2D eigenvalue weighted by Gasteiger charge is -2.35. The fourth-order valence-electron chi connectivity index (χ4n) is 3.40. The van der Waals surface area contributed by atoms with Gasteiger partial charge in [0.05, 0.1) is 23.6 Å². The molecule has 0 atom stereocenters. The number of hydrogen-bond donors (Lipinski definition) is 2. The van der Waals surface area contributed by atoms with Crippen molar-refractivity contribution in [2.24, 2.45) is 17.5 Å². The lowest BCUT2D eigenvalue weighted by Crippen LogP contribution is -2.40. The van der Waals surface area contributed by atoms with Crippen molar-refractivity contribution in [2.75, 3.05) is 4.90 Å². The first-order valence-corrected chi connectivity index (χ1v) is 9.35. The van der Waals surface area contributed by atoms with Gasteiger partial charge in [-0.2, -0.15) is 0 Å². The molecule has 5 heteroatoms. The topological polar surface area (TPSA) is 75.6 Å². The summed E-state index contributed by atoms with van der Waals surface area (Å²) in [5.41, 5.74) is 11.7. The third-order valence-corrected chi connectivity index (χ3v) is 4.92.